The predicted octanol–water partition coefficient (Wildman–Crippen LogP) is 1.59. The van der Waals surface area contributed by atoms with Crippen molar-refractivity contribution < 1.29 is 9.53 Å². The Hall–Kier alpha value is -1.19. The van der Waals surface area contributed by atoms with Crippen LogP contribution in [0, 0.1) is 0 Å². The summed E-state index contributed by atoms with van der Waals surface area (Å²) < 4.78 is 5.04. The summed E-state index contributed by atoms with van der Waals surface area (Å²) in [4.78, 5) is 11.2. The van der Waals surface area contributed by atoms with Crippen molar-refractivity contribution in [2.75, 3.05) is 7.05 Å². The standard InChI is InChI=1S/C9H18N2O2/c1-6-7(10-5)11-8(12)13-9(2,3)4/h6,10H,1-5H3,(H,11,12)/b7-6+. The molecule has 0 rings (SSSR count). The van der Waals surface area contributed by atoms with Crippen LogP contribution in [0.5, 0.6) is 0 Å². The molecule has 0 aliphatic heterocycles. The molecule has 0 spiro atoms. The average molecular weight is 186 g/mol. The van der Waals surface area contributed by atoms with Gasteiger partial charge in [0.15, 0.2) is 0 Å². The van der Waals surface area contributed by atoms with E-state index in [4.69, 9.17) is 4.74 Å². The molecule has 76 valence electrons. The van der Waals surface area contributed by atoms with Crippen molar-refractivity contribution in [1.82, 2.24) is 10.6 Å². The van der Waals surface area contributed by atoms with E-state index in [0.717, 1.165) is 0 Å². The highest BCUT2D eigenvalue weighted by Gasteiger charge is 2.16. The van der Waals surface area contributed by atoms with E-state index >= 15 is 0 Å². The SMILES string of the molecule is C/C=C(\NC)NC(=O)OC(C)(C)C. The van der Waals surface area contributed by atoms with E-state index in [1.165, 1.54) is 0 Å². The van der Waals surface area contributed by atoms with Crippen LogP contribution in [0.15, 0.2) is 11.9 Å². The number of alkyl carbamates (subject to hydrolysis) is 1. The number of amides is 1. The Balaban J connectivity index is 4.02. The van der Waals surface area contributed by atoms with Gasteiger partial charge in [0.25, 0.3) is 0 Å². The first-order chi connectivity index (χ1) is 5.89. The third-order valence-electron chi connectivity index (χ3n) is 1.19. The average Bonchev–Trinajstić information content (AvgIpc) is 1.96. The van der Waals surface area contributed by atoms with Crippen molar-refractivity contribution in [3.05, 3.63) is 11.9 Å². The second-order valence-corrected chi connectivity index (χ2v) is 3.58. The van der Waals surface area contributed by atoms with Crippen molar-refractivity contribution in [3.8, 4) is 0 Å². The molecule has 0 aromatic rings. The zero-order valence-corrected chi connectivity index (χ0v) is 8.89. The van der Waals surface area contributed by atoms with Crippen molar-refractivity contribution in [1.29, 1.82) is 0 Å². The molecular formula is C9H18N2O2. The van der Waals surface area contributed by atoms with Gasteiger partial charge in [-0.1, -0.05) is 0 Å². The molecule has 4 nitrogen and oxygen atoms in total. The fourth-order valence-corrected chi connectivity index (χ4v) is 0.693. The number of carbonyl (C=O) groups is 1. The van der Waals surface area contributed by atoms with Crippen LogP contribution >= 0.6 is 0 Å². The summed E-state index contributed by atoms with van der Waals surface area (Å²) >= 11 is 0. The Morgan fingerprint density at radius 3 is 2.23 bits per heavy atom. The zero-order chi connectivity index (χ0) is 10.5. The maximum absolute atomic E-state index is 11.2. The molecule has 4 heteroatoms. The Morgan fingerprint density at radius 1 is 1.38 bits per heavy atom. The minimum atomic E-state index is -0.462. The molecule has 0 fully saturated rings. The van der Waals surface area contributed by atoms with Gasteiger partial charge in [0.2, 0.25) is 0 Å². The van der Waals surface area contributed by atoms with Crippen LogP contribution in [-0.2, 0) is 4.74 Å². The lowest BCUT2D eigenvalue weighted by atomic mass is 10.2. The topological polar surface area (TPSA) is 50.4 Å². The molecule has 0 heterocycles. The van der Waals surface area contributed by atoms with E-state index in [1.54, 1.807) is 13.1 Å². The molecule has 0 unspecified atom stereocenters. The fraction of sp³-hybridized carbons (Fsp3) is 0.667. The summed E-state index contributed by atoms with van der Waals surface area (Å²) in [5.41, 5.74) is -0.462. The molecule has 2 N–H and O–H groups in total. The largest absolute Gasteiger partial charge is 0.444 e. The first kappa shape index (κ1) is 11.8. The zero-order valence-electron chi connectivity index (χ0n) is 8.89. The number of hydrogen-bond donors (Lipinski definition) is 2. The molecule has 0 radical (unpaired) electrons. The van der Waals surface area contributed by atoms with Gasteiger partial charge in [0, 0.05) is 7.05 Å². The van der Waals surface area contributed by atoms with Gasteiger partial charge in [-0.05, 0) is 33.8 Å². The first-order valence-corrected chi connectivity index (χ1v) is 4.23. The second kappa shape index (κ2) is 4.74. The highest BCUT2D eigenvalue weighted by atomic mass is 16.6. The van der Waals surface area contributed by atoms with Gasteiger partial charge < -0.3 is 10.1 Å². The van der Waals surface area contributed by atoms with Gasteiger partial charge >= 0.3 is 6.09 Å². The van der Waals surface area contributed by atoms with Gasteiger partial charge in [-0.2, -0.15) is 0 Å². The van der Waals surface area contributed by atoms with E-state index < -0.39 is 11.7 Å². The Labute approximate surface area is 79.3 Å². The van der Waals surface area contributed by atoms with Crippen LogP contribution < -0.4 is 10.6 Å². The molecule has 0 saturated heterocycles. The van der Waals surface area contributed by atoms with Crippen LogP contribution in [0.3, 0.4) is 0 Å². The van der Waals surface area contributed by atoms with Crippen LogP contribution in [0.2, 0.25) is 0 Å². The molecule has 13 heavy (non-hydrogen) atoms. The molecule has 0 aliphatic carbocycles. The smallest absolute Gasteiger partial charge is 0.413 e. The summed E-state index contributed by atoms with van der Waals surface area (Å²) in [5, 5.41) is 5.38. The molecule has 0 bridgehead atoms. The van der Waals surface area contributed by atoms with Crippen molar-refractivity contribution in [2.24, 2.45) is 0 Å². The maximum atomic E-state index is 11.2. The molecule has 0 aromatic heterocycles. The number of ether oxygens (including phenoxy) is 1. The van der Waals surface area contributed by atoms with Gasteiger partial charge in [0.1, 0.15) is 11.4 Å². The molecule has 0 saturated carbocycles. The van der Waals surface area contributed by atoms with Crippen molar-refractivity contribution in [3.63, 3.8) is 0 Å². The predicted molar refractivity (Wildman–Crippen MR) is 52.2 cm³/mol. The van der Waals surface area contributed by atoms with E-state index in [1.807, 2.05) is 27.7 Å². The number of carbonyl (C=O) groups excluding carboxylic acids is 1. The Bertz CT molecular complexity index is 204. The van der Waals surface area contributed by atoms with E-state index in [2.05, 4.69) is 10.6 Å². The van der Waals surface area contributed by atoms with Crippen LogP contribution in [0.4, 0.5) is 4.79 Å². The van der Waals surface area contributed by atoms with Crippen LogP contribution in [0.1, 0.15) is 27.7 Å². The fourth-order valence-electron chi connectivity index (χ4n) is 0.693. The molecule has 0 aliphatic rings. The van der Waals surface area contributed by atoms with Gasteiger partial charge in [-0.15, -0.1) is 0 Å². The first-order valence-electron chi connectivity index (χ1n) is 4.23. The summed E-state index contributed by atoms with van der Waals surface area (Å²) in [5.74, 6) is 0.634. The summed E-state index contributed by atoms with van der Waals surface area (Å²) in [6, 6.07) is 0. The number of hydrogen-bond acceptors (Lipinski definition) is 3. The molecule has 0 aromatic carbocycles. The highest BCUT2D eigenvalue weighted by molar-refractivity contribution is 5.69. The van der Waals surface area contributed by atoms with Crippen molar-refractivity contribution >= 4 is 6.09 Å². The highest BCUT2D eigenvalue weighted by Crippen LogP contribution is 2.06. The lowest BCUT2D eigenvalue weighted by molar-refractivity contribution is 0.0543. The number of allylic oxidation sites excluding steroid dienone is 1. The van der Waals surface area contributed by atoms with Crippen LogP contribution in [0.25, 0.3) is 0 Å². The van der Waals surface area contributed by atoms with E-state index in [0.29, 0.717) is 5.82 Å². The third kappa shape index (κ3) is 6.02. The molecule has 0 atom stereocenters. The van der Waals surface area contributed by atoms with E-state index in [9.17, 15) is 4.79 Å². The third-order valence-corrected chi connectivity index (χ3v) is 1.19. The summed E-state index contributed by atoms with van der Waals surface area (Å²) in [6.45, 7) is 7.28. The Kier molecular flexibility index (Phi) is 4.31. The maximum Gasteiger partial charge on any atom is 0.413 e. The quantitative estimate of drug-likeness (QED) is 0.688. The normalized spacial score (nSPS) is 12.2. The lowest BCUT2D eigenvalue weighted by Gasteiger charge is -2.20. The van der Waals surface area contributed by atoms with Crippen molar-refractivity contribution in [2.45, 2.75) is 33.3 Å². The molecular weight excluding hydrogens is 168 g/mol. The summed E-state index contributed by atoms with van der Waals surface area (Å²) in [6.07, 6.45) is 1.30. The Morgan fingerprint density at radius 2 is 1.92 bits per heavy atom. The van der Waals surface area contributed by atoms with Gasteiger partial charge in [0.05, 0.1) is 0 Å². The van der Waals surface area contributed by atoms with E-state index in [-0.39, 0.29) is 0 Å². The second-order valence-electron chi connectivity index (χ2n) is 3.58. The van der Waals surface area contributed by atoms with Gasteiger partial charge in [-0.3, -0.25) is 5.32 Å². The monoisotopic (exact) mass is 186 g/mol. The number of rotatable bonds is 2. The number of nitrogens with one attached hydrogen (secondary N) is 2. The minimum absolute atomic E-state index is 0.449. The van der Waals surface area contributed by atoms with Crippen LogP contribution in [-0.4, -0.2) is 18.7 Å². The molecule has 1 amide bonds. The summed E-state index contributed by atoms with van der Waals surface area (Å²) in [7, 11) is 1.73. The minimum Gasteiger partial charge on any atom is -0.444 e. The lowest BCUT2D eigenvalue weighted by Crippen LogP contribution is -2.35. The van der Waals surface area contributed by atoms with Gasteiger partial charge in [-0.25, -0.2) is 4.79 Å².